The molecule has 0 aliphatic carbocycles. The molecule has 3 rings (SSSR count). The van der Waals surface area contributed by atoms with Crippen molar-refractivity contribution in [2.75, 3.05) is 26.5 Å². The number of carbonyl (C=O) groups is 2. The fraction of sp³-hybridized carbons (Fsp3) is 0.167. The summed E-state index contributed by atoms with van der Waals surface area (Å²) >= 11 is 0. The lowest BCUT2D eigenvalue weighted by Gasteiger charge is -2.13. The molecule has 1 N–H and O–H groups in total. The summed E-state index contributed by atoms with van der Waals surface area (Å²) in [4.78, 5) is 26.1. The summed E-state index contributed by atoms with van der Waals surface area (Å²) in [6.45, 7) is 0.404. The van der Waals surface area contributed by atoms with E-state index in [4.69, 9.17) is 9.47 Å². The van der Waals surface area contributed by atoms with E-state index in [-0.39, 0.29) is 11.8 Å². The Kier molecular flexibility index (Phi) is 6.70. The van der Waals surface area contributed by atoms with Crippen molar-refractivity contribution in [3.63, 3.8) is 0 Å². The monoisotopic (exact) mass is 404 g/mol. The minimum Gasteiger partial charge on any atom is -0.493 e. The first kappa shape index (κ1) is 20.9. The Morgan fingerprint density at radius 1 is 0.867 bits per heavy atom. The number of nitrogens with zero attached hydrogens (tertiary/aromatic N) is 1. The number of methoxy groups -OCH3 is 1. The Labute approximate surface area is 176 Å². The number of hydrogen-bond acceptors (Lipinski definition) is 4. The van der Waals surface area contributed by atoms with Crippen LogP contribution in [0.5, 0.6) is 11.5 Å². The molecule has 0 aromatic heterocycles. The Hall–Kier alpha value is -3.80. The molecular formula is C24H24N2O4. The minimum absolute atomic E-state index is 0.0938. The molecule has 0 saturated heterocycles. The van der Waals surface area contributed by atoms with Crippen LogP contribution in [0.3, 0.4) is 0 Å². The average molecular weight is 404 g/mol. The number of rotatable bonds is 7. The molecule has 6 nitrogen and oxygen atoms in total. The zero-order valence-electron chi connectivity index (χ0n) is 17.2. The molecule has 3 aromatic carbocycles. The van der Waals surface area contributed by atoms with Crippen molar-refractivity contribution in [1.82, 2.24) is 4.90 Å². The first-order valence-corrected chi connectivity index (χ1v) is 9.46. The van der Waals surface area contributed by atoms with Crippen molar-refractivity contribution in [1.29, 1.82) is 0 Å². The maximum atomic E-state index is 12.6. The standard InChI is InChI=1S/C24H24N2O4/c1-26(2)24(28)18-9-12-20(13-10-18)25-23(27)19-11-14-21(22(15-19)29-3)30-16-17-7-5-4-6-8-17/h4-15H,16H2,1-3H3,(H,25,27). The van der Waals surface area contributed by atoms with Crippen LogP contribution in [0.15, 0.2) is 72.8 Å². The first-order valence-electron chi connectivity index (χ1n) is 9.46. The Morgan fingerprint density at radius 2 is 1.53 bits per heavy atom. The van der Waals surface area contributed by atoms with Crippen molar-refractivity contribution < 1.29 is 19.1 Å². The summed E-state index contributed by atoms with van der Waals surface area (Å²) < 4.78 is 11.2. The van der Waals surface area contributed by atoms with E-state index in [1.165, 1.54) is 12.0 Å². The van der Waals surface area contributed by atoms with Gasteiger partial charge < -0.3 is 19.7 Å². The van der Waals surface area contributed by atoms with Crippen LogP contribution < -0.4 is 14.8 Å². The highest BCUT2D eigenvalue weighted by atomic mass is 16.5. The first-order chi connectivity index (χ1) is 14.5. The second kappa shape index (κ2) is 9.60. The average Bonchev–Trinajstić information content (AvgIpc) is 2.78. The van der Waals surface area contributed by atoms with Crippen LogP contribution in [0, 0.1) is 0 Å². The molecule has 30 heavy (non-hydrogen) atoms. The van der Waals surface area contributed by atoms with Crippen LogP contribution in [-0.4, -0.2) is 37.9 Å². The van der Waals surface area contributed by atoms with Gasteiger partial charge in [0.1, 0.15) is 6.61 Å². The van der Waals surface area contributed by atoms with E-state index in [2.05, 4.69) is 5.32 Å². The van der Waals surface area contributed by atoms with Crippen LogP contribution >= 0.6 is 0 Å². The molecule has 0 bridgehead atoms. The third-order valence-electron chi connectivity index (χ3n) is 4.46. The normalized spacial score (nSPS) is 10.2. The number of anilines is 1. The van der Waals surface area contributed by atoms with Gasteiger partial charge in [0.25, 0.3) is 11.8 Å². The predicted molar refractivity (Wildman–Crippen MR) is 116 cm³/mol. The number of carbonyl (C=O) groups excluding carboxylic acids is 2. The van der Waals surface area contributed by atoms with Crippen LogP contribution in [0.1, 0.15) is 26.3 Å². The maximum absolute atomic E-state index is 12.6. The van der Waals surface area contributed by atoms with Crippen LogP contribution in [0.4, 0.5) is 5.69 Å². The van der Waals surface area contributed by atoms with Gasteiger partial charge in [0.15, 0.2) is 11.5 Å². The largest absolute Gasteiger partial charge is 0.493 e. The van der Waals surface area contributed by atoms with Gasteiger partial charge in [0.05, 0.1) is 7.11 Å². The summed E-state index contributed by atoms with van der Waals surface area (Å²) in [5.74, 6) is 0.660. The maximum Gasteiger partial charge on any atom is 0.255 e. The second-order valence-electron chi connectivity index (χ2n) is 6.87. The van der Waals surface area contributed by atoms with Gasteiger partial charge in [-0.25, -0.2) is 0 Å². The summed E-state index contributed by atoms with van der Waals surface area (Å²) in [5.41, 5.74) is 2.63. The summed E-state index contributed by atoms with van der Waals surface area (Å²) in [6.07, 6.45) is 0. The molecule has 0 saturated carbocycles. The van der Waals surface area contributed by atoms with E-state index in [1.54, 1.807) is 56.6 Å². The molecular weight excluding hydrogens is 380 g/mol. The van der Waals surface area contributed by atoms with E-state index in [9.17, 15) is 9.59 Å². The van der Waals surface area contributed by atoms with Crippen molar-refractivity contribution in [2.24, 2.45) is 0 Å². The van der Waals surface area contributed by atoms with Crippen LogP contribution in [-0.2, 0) is 6.61 Å². The van der Waals surface area contributed by atoms with Gasteiger partial charge in [0.2, 0.25) is 0 Å². The quantitative estimate of drug-likeness (QED) is 0.640. The highest BCUT2D eigenvalue weighted by Gasteiger charge is 2.13. The highest BCUT2D eigenvalue weighted by Crippen LogP contribution is 2.29. The fourth-order valence-corrected chi connectivity index (χ4v) is 2.82. The van der Waals surface area contributed by atoms with Gasteiger partial charge in [-0.05, 0) is 48.0 Å². The van der Waals surface area contributed by atoms with E-state index >= 15 is 0 Å². The van der Waals surface area contributed by atoms with Crippen LogP contribution in [0.25, 0.3) is 0 Å². The molecule has 154 valence electrons. The number of ether oxygens (including phenoxy) is 2. The Balaban J connectivity index is 1.68. The zero-order valence-corrected chi connectivity index (χ0v) is 17.2. The lowest BCUT2D eigenvalue weighted by Crippen LogP contribution is -2.21. The Morgan fingerprint density at radius 3 is 2.17 bits per heavy atom. The van der Waals surface area contributed by atoms with E-state index in [1.807, 2.05) is 30.3 Å². The lowest BCUT2D eigenvalue weighted by atomic mass is 10.1. The summed E-state index contributed by atoms with van der Waals surface area (Å²) in [6, 6.07) is 21.6. The smallest absolute Gasteiger partial charge is 0.255 e. The summed E-state index contributed by atoms with van der Waals surface area (Å²) in [7, 11) is 4.92. The molecule has 3 aromatic rings. The molecule has 0 radical (unpaired) electrons. The number of benzene rings is 3. The van der Waals surface area contributed by atoms with Gasteiger partial charge in [-0.3, -0.25) is 9.59 Å². The van der Waals surface area contributed by atoms with Crippen molar-refractivity contribution in [3.8, 4) is 11.5 Å². The second-order valence-corrected chi connectivity index (χ2v) is 6.87. The third-order valence-corrected chi connectivity index (χ3v) is 4.46. The number of nitrogens with one attached hydrogen (secondary N) is 1. The zero-order chi connectivity index (χ0) is 21.5. The highest BCUT2D eigenvalue weighted by molar-refractivity contribution is 6.05. The number of amides is 2. The van der Waals surface area contributed by atoms with Gasteiger partial charge in [-0.1, -0.05) is 30.3 Å². The molecule has 0 spiro atoms. The molecule has 2 amide bonds. The molecule has 0 atom stereocenters. The molecule has 0 aliphatic heterocycles. The van der Waals surface area contributed by atoms with Crippen LogP contribution in [0.2, 0.25) is 0 Å². The topological polar surface area (TPSA) is 67.9 Å². The summed E-state index contributed by atoms with van der Waals surface area (Å²) in [5, 5.41) is 2.82. The molecule has 6 heteroatoms. The van der Waals surface area contributed by atoms with Gasteiger partial charge in [-0.15, -0.1) is 0 Å². The SMILES string of the molecule is COc1cc(C(=O)Nc2ccc(C(=O)N(C)C)cc2)ccc1OCc1ccccc1. The van der Waals surface area contributed by atoms with Gasteiger partial charge in [-0.2, -0.15) is 0 Å². The van der Waals surface area contributed by atoms with Gasteiger partial charge >= 0.3 is 0 Å². The Bertz CT molecular complexity index is 1020. The third kappa shape index (κ3) is 5.17. The molecule has 0 fully saturated rings. The van der Waals surface area contributed by atoms with Crippen molar-refractivity contribution in [3.05, 3.63) is 89.5 Å². The van der Waals surface area contributed by atoms with Crippen molar-refractivity contribution >= 4 is 17.5 Å². The molecule has 0 aliphatic rings. The molecule has 0 heterocycles. The molecule has 0 unspecified atom stereocenters. The predicted octanol–water partition coefficient (Wildman–Crippen LogP) is 4.23. The van der Waals surface area contributed by atoms with Gasteiger partial charge in [0, 0.05) is 30.9 Å². The fourth-order valence-electron chi connectivity index (χ4n) is 2.82. The number of hydrogen-bond donors (Lipinski definition) is 1. The van der Waals surface area contributed by atoms with E-state index in [0.29, 0.717) is 34.9 Å². The van der Waals surface area contributed by atoms with E-state index < -0.39 is 0 Å². The van der Waals surface area contributed by atoms with E-state index in [0.717, 1.165) is 5.56 Å². The minimum atomic E-state index is -0.283. The lowest BCUT2D eigenvalue weighted by molar-refractivity contribution is 0.0827. The van der Waals surface area contributed by atoms with Crippen molar-refractivity contribution in [2.45, 2.75) is 6.61 Å².